The van der Waals surface area contributed by atoms with E-state index in [9.17, 15) is 21.6 Å². The number of pyridine rings is 1. The second-order valence-corrected chi connectivity index (χ2v) is 16.5. The summed E-state index contributed by atoms with van der Waals surface area (Å²) in [5.41, 5.74) is 0.240. The van der Waals surface area contributed by atoms with Gasteiger partial charge in [0.2, 0.25) is 15.0 Å². The summed E-state index contributed by atoms with van der Waals surface area (Å²) in [6, 6.07) is 2.21. The molecule has 4 rings (SSSR count). The van der Waals surface area contributed by atoms with Crippen molar-refractivity contribution in [2.24, 2.45) is 0 Å². The van der Waals surface area contributed by atoms with Gasteiger partial charge in [0, 0.05) is 28.4 Å². The fourth-order valence-electron chi connectivity index (χ4n) is 3.37. The predicted octanol–water partition coefficient (Wildman–Crippen LogP) is 3.96. The second kappa shape index (κ2) is 9.78. The van der Waals surface area contributed by atoms with Crippen LogP contribution in [0.1, 0.15) is 38.6 Å². The fourth-order valence-corrected chi connectivity index (χ4v) is 7.74. The van der Waals surface area contributed by atoms with Gasteiger partial charge in [-0.15, -0.1) is 20.4 Å². The second-order valence-electron chi connectivity index (χ2n) is 9.48. The molecule has 3 aromatic heterocycles. The molecule has 1 aliphatic rings. The van der Waals surface area contributed by atoms with E-state index in [1.807, 2.05) is 0 Å². The smallest absolute Gasteiger partial charge is 0.365 e. The molecule has 3 heterocycles. The van der Waals surface area contributed by atoms with Crippen LogP contribution < -0.4 is 0 Å². The molecule has 0 atom stereocenters. The first-order chi connectivity index (χ1) is 16.3. The van der Waals surface area contributed by atoms with E-state index in [0.717, 1.165) is 18.9 Å². The van der Waals surface area contributed by atoms with Crippen LogP contribution in [0.15, 0.2) is 21.6 Å². The van der Waals surface area contributed by atoms with Crippen LogP contribution >= 0.6 is 27.3 Å². The Kier molecular flexibility index (Phi) is 7.43. The molecule has 0 bridgehead atoms. The Morgan fingerprint density at radius 1 is 1.23 bits per heavy atom. The van der Waals surface area contributed by atoms with Gasteiger partial charge in [-0.2, -0.15) is 17.5 Å². The molecule has 0 spiro atoms. The Morgan fingerprint density at radius 3 is 2.54 bits per heavy atom. The highest BCUT2D eigenvalue weighted by Crippen LogP contribution is 2.36. The first-order valence-electron chi connectivity index (χ1n) is 10.8. The number of sulfonamides is 1. The van der Waals surface area contributed by atoms with Crippen molar-refractivity contribution in [1.82, 2.24) is 29.1 Å². The molecule has 1 saturated carbocycles. The maximum atomic E-state index is 13.5. The van der Waals surface area contributed by atoms with Crippen LogP contribution in [0.2, 0.25) is 11.1 Å². The van der Waals surface area contributed by atoms with Gasteiger partial charge in [-0.05, 0) is 45.9 Å². The molecule has 1 fully saturated rings. The Morgan fingerprint density at radius 2 is 1.94 bits per heavy atom. The molecule has 9 nitrogen and oxygen atoms in total. The zero-order chi connectivity index (χ0) is 25.6. The minimum absolute atomic E-state index is 0.0351. The van der Waals surface area contributed by atoms with Gasteiger partial charge < -0.3 is 4.74 Å². The zero-order valence-electron chi connectivity index (χ0n) is 19.2. The molecule has 0 saturated heterocycles. The van der Waals surface area contributed by atoms with E-state index in [4.69, 9.17) is 4.74 Å². The van der Waals surface area contributed by atoms with Crippen LogP contribution in [0.3, 0.4) is 0 Å². The molecule has 0 aromatic carbocycles. The largest absolute Gasteiger partial charge is 0.445 e. The number of alkyl halides is 3. The summed E-state index contributed by atoms with van der Waals surface area (Å²) in [5.74, 6) is -0.0351. The molecule has 192 valence electrons. The highest BCUT2D eigenvalue weighted by molar-refractivity contribution is 9.10. The van der Waals surface area contributed by atoms with Crippen molar-refractivity contribution >= 4 is 52.5 Å². The lowest BCUT2D eigenvalue weighted by Gasteiger charge is -2.23. The lowest BCUT2D eigenvalue weighted by atomic mass is 10.3. The van der Waals surface area contributed by atoms with Crippen LogP contribution in [0.5, 0.6) is 0 Å². The third kappa shape index (κ3) is 6.10. The molecule has 0 amide bonds. The molecule has 0 N–H and O–H groups in total. The van der Waals surface area contributed by atoms with E-state index in [0.29, 0.717) is 27.5 Å². The summed E-state index contributed by atoms with van der Waals surface area (Å²) >= 11 is 3.62. The average Bonchev–Trinajstić information content (AvgIpc) is 3.27. The highest BCUT2D eigenvalue weighted by atomic mass is 79.9. The SMILES string of the molecule is CC(C)(C)[SiH2]CCOCN(C1CC1)S(=O)(=O)c1cc(Br)c2nnc(-c3nnc(C(F)(F)F)s3)n2c1. The number of hydrogen-bond donors (Lipinski definition) is 0. The normalized spacial score (nSPS) is 15.8. The minimum Gasteiger partial charge on any atom is -0.365 e. The summed E-state index contributed by atoms with van der Waals surface area (Å²) < 4.78 is 74.8. The number of halogens is 4. The topological polar surface area (TPSA) is 103 Å². The van der Waals surface area contributed by atoms with Gasteiger partial charge in [0.15, 0.2) is 16.5 Å². The van der Waals surface area contributed by atoms with Crippen molar-refractivity contribution in [3.63, 3.8) is 0 Å². The van der Waals surface area contributed by atoms with Gasteiger partial charge in [-0.25, -0.2) is 8.42 Å². The van der Waals surface area contributed by atoms with Crippen molar-refractivity contribution in [3.8, 4) is 10.8 Å². The molecule has 16 heteroatoms. The van der Waals surface area contributed by atoms with Crippen LogP contribution in [-0.2, 0) is 20.9 Å². The Hall–Kier alpha value is -1.46. The quantitative estimate of drug-likeness (QED) is 0.205. The number of ether oxygens (including phenoxy) is 1. The van der Waals surface area contributed by atoms with E-state index >= 15 is 0 Å². The van der Waals surface area contributed by atoms with Crippen LogP contribution in [0.25, 0.3) is 16.5 Å². The fraction of sp³-hybridized carbons (Fsp3) is 0.579. The predicted molar refractivity (Wildman–Crippen MR) is 131 cm³/mol. The third-order valence-electron chi connectivity index (χ3n) is 5.29. The first-order valence-corrected chi connectivity index (χ1v) is 15.6. The summed E-state index contributed by atoms with van der Waals surface area (Å²) in [4.78, 5) is -0.0574. The van der Waals surface area contributed by atoms with Gasteiger partial charge >= 0.3 is 6.18 Å². The van der Waals surface area contributed by atoms with Crippen molar-refractivity contribution in [2.75, 3.05) is 13.3 Å². The van der Waals surface area contributed by atoms with Crippen molar-refractivity contribution in [3.05, 3.63) is 21.7 Å². The molecule has 1 aliphatic carbocycles. The summed E-state index contributed by atoms with van der Waals surface area (Å²) in [6.07, 6.45) is -1.87. The van der Waals surface area contributed by atoms with Gasteiger partial charge in [0.1, 0.15) is 11.6 Å². The van der Waals surface area contributed by atoms with Crippen LogP contribution in [-0.4, -0.2) is 66.4 Å². The van der Waals surface area contributed by atoms with E-state index in [-0.39, 0.29) is 43.7 Å². The molecule has 0 unspecified atom stereocenters. The maximum absolute atomic E-state index is 13.5. The van der Waals surface area contributed by atoms with Gasteiger partial charge in [0.25, 0.3) is 0 Å². The number of nitrogens with zero attached hydrogens (tertiary/aromatic N) is 6. The van der Waals surface area contributed by atoms with Crippen molar-refractivity contribution in [1.29, 1.82) is 0 Å². The molecule has 0 radical (unpaired) electrons. The average molecular weight is 614 g/mol. The number of rotatable bonds is 9. The van der Waals surface area contributed by atoms with Gasteiger partial charge in [-0.1, -0.05) is 32.1 Å². The highest BCUT2D eigenvalue weighted by Gasteiger charge is 2.39. The van der Waals surface area contributed by atoms with E-state index in [1.54, 1.807) is 0 Å². The summed E-state index contributed by atoms with van der Waals surface area (Å²) in [6.45, 7) is 7.03. The third-order valence-corrected chi connectivity index (χ3v) is 10.8. The van der Waals surface area contributed by atoms with Crippen LogP contribution in [0.4, 0.5) is 13.2 Å². The summed E-state index contributed by atoms with van der Waals surface area (Å²) in [7, 11) is -4.30. The maximum Gasteiger partial charge on any atom is 0.445 e. The molecule has 3 aromatic rings. The van der Waals surface area contributed by atoms with Gasteiger partial charge in [-0.3, -0.25) is 4.40 Å². The standard InChI is InChI=1S/C19H24BrF3N6O3S2Si/c1-18(2,3)35-7-6-32-10-29(11-4-5-11)34(30,31)12-8-13(20)14-24-25-15(28(14)9-12)16-26-27-17(33-16)19(21,22)23/h8-9,11H,4-7,10,35H2,1-3H3. The first kappa shape index (κ1) is 26.6. The summed E-state index contributed by atoms with van der Waals surface area (Å²) in [5, 5.41) is 13.7. The van der Waals surface area contributed by atoms with E-state index in [1.165, 1.54) is 21.0 Å². The van der Waals surface area contributed by atoms with Crippen molar-refractivity contribution in [2.45, 2.75) is 61.8 Å². The number of aromatic nitrogens is 5. The van der Waals surface area contributed by atoms with Crippen molar-refractivity contribution < 1.29 is 26.3 Å². The zero-order valence-corrected chi connectivity index (χ0v) is 23.8. The lowest BCUT2D eigenvalue weighted by Crippen LogP contribution is -2.35. The number of fused-ring (bicyclic) bond motifs is 1. The molecular formula is C19H24BrF3N6O3S2Si. The molecular weight excluding hydrogens is 589 g/mol. The Bertz CT molecular complexity index is 1320. The Labute approximate surface area is 215 Å². The van der Waals surface area contributed by atoms with E-state index in [2.05, 4.69) is 57.1 Å². The Balaban J connectivity index is 1.61. The minimum atomic E-state index is -4.65. The molecule has 0 aliphatic heterocycles. The molecule has 35 heavy (non-hydrogen) atoms. The lowest BCUT2D eigenvalue weighted by molar-refractivity contribution is -0.138. The monoisotopic (exact) mass is 612 g/mol. The van der Waals surface area contributed by atoms with Crippen LogP contribution in [0, 0.1) is 0 Å². The van der Waals surface area contributed by atoms with E-state index < -0.39 is 21.2 Å². The number of hydrogen-bond acceptors (Lipinski definition) is 8. The van der Waals surface area contributed by atoms with Gasteiger partial charge in [0.05, 0.1) is 4.47 Å².